The van der Waals surface area contributed by atoms with Crippen LogP contribution in [0.5, 0.6) is 5.75 Å². The molecule has 13 heteroatoms. The van der Waals surface area contributed by atoms with Crippen LogP contribution >= 0.6 is 0 Å². The van der Waals surface area contributed by atoms with E-state index in [1.165, 1.54) is 12.1 Å². The molecule has 0 fully saturated rings. The van der Waals surface area contributed by atoms with Gasteiger partial charge >= 0.3 is 17.5 Å². The van der Waals surface area contributed by atoms with E-state index in [0.29, 0.717) is 30.7 Å². The standard InChI is InChI=1S/C34H45N6O7/c1-29(2)30(3,4)36(42)26(35(29)41)22-15-13-14-21(18-22)20-47-25-17-16-23(27-37(43)31(5,6)32(7,8)38(27)44)19-24(25)28-39(45)33(9,10)34(11,12)40(28)46/h13-19H,20H2,1-12H3. The van der Waals surface area contributed by atoms with Crippen LogP contribution in [0.25, 0.3) is 0 Å². The molecular formula is C34H45N6O7. The fourth-order valence-electron chi connectivity index (χ4n) is 5.95. The fourth-order valence-corrected chi connectivity index (χ4v) is 5.95. The largest absolute Gasteiger partial charge is 0.714 e. The molecule has 253 valence electrons. The molecule has 5 rings (SSSR count). The maximum absolute atomic E-state index is 13.8. The Balaban J connectivity index is 1.59. The van der Waals surface area contributed by atoms with E-state index in [1.54, 1.807) is 113 Å². The second kappa shape index (κ2) is 10.2. The summed E-state index contributed by atoms with van der Waals surface area (Å²) in [6.07, 6.45) is 0. The summed E-state index contributed by atoms with van der Waals surface area (Å²) >= 11 is 0. The number of amidine groups is 3. The SMILES string of the molecule is CC1(C)N([O])C(c2cccc(COc3ccc(C4=[N+]([O-])C(C)(C)C(C)(C)N4[O])cc3C3=[N+]([O-])C(C)(C)C(C)(C)N3[O])c2)=[N+]([O-])C1(C)C. The van der Waals surface area contributed by atoms with Crippen LogP contribution in [0.15, 0.2) is 42.5 Å². The van der Waals surface area contributed by atoms with Gasteiger partial charge in [-0.15, -0.1) is 0 Å². The number of ether oxygens (including phenoxy) is 1. The highest BCUT2D eigenvalue weighted by atomic mass is 16.6. The summed E-state index contributed by atoms with van der Waals surface area (Å²) in [4.78, 5) is 0. The van der Waals surface area contributed by atoms with Gasteiger partial charge in [0.25, 0.3) is 0 Å². The molecule has 47 heavy (non-hydrogen) atoms. The Morgan fingerprint density at radius 1 is 0.574 bits per heavy atom. The third kappa shape index (κ3) is 4.42. The number of nitrogens with zero attached hydrogens (tertiary/aromatic N) is 6. The van der Waals surface area contributed by atoms with E-state index in [9.17, 15) is 31.2 Å². The summed E-state index contributed by atoms with van der Waals surface area (Å²) in [5, 5.41) is 83.1. The van der Waals surface area contributed by atoms with Crippen molar-refractivity contribution in [1.29, 1.82) is 0 Å². The predicted molar refractivity (Wildman–Crippen MR) is 172 cm³/mol. The molecule has 0 N–H and O–H groups in total. The van der Waals surface area contributed by atoms with E-state index in [2.05, 4.69) is 0 Å². The van der Waals surface area contributed by atoms with Crippen LogP contribution < -0.4 is 4.74 Å². The zero-order valence-corrected chi connectivity index (χ0v) is 29.3. The van der Waals surface area contributed by atoms with Crippen LogP contribution in [0.3, 0.4) is 0 Å². The van der Waals surface area contributed by atoms with Crippen LogP contribution in [0, 0.1) is 15.6 Å². The van der Waals surface area contributed by atoms with Crippen molar-refractivity contribution in [3.8, 4) is 5.75 Å². The van der Waals surface area contributed by atoms with Crippen LogP contribution in [0.4, 0.5) is 0 Å². The van der Waals surface area contributed by atoms with E-state index >= 15 is 0 Å². The average Bonchev–Trinajstić information content (AvgIpc) is 3.25. The first-order valence-electron chi connectivity index (χ1n) is 15.7. The lowest BCUT2D eigenvalue weighted by Gasteiger charge is -2.32. The van der Waals surface area contributed by atoms with E-state index in [1.807, 2.05) is 0 Å². The lowest BCUT2D eigenvalue weighted by molar-refractivity contribution is -0.540. The summed E-state index contributed by atoms with van der Waals surface area (Å²) < 4.78 is 8.30. The van der Waals surface area contributed by atoms with Crippen molar-refractivity contribution in [2.75, 3.05) is 0 Å². The van der Waals surface area contributed by atoms with Gasteiger partial charge in [-0.2, -0.15) is 0 Å². The van der Waals surface area contributed by atoms with Crippen molar-refractivity contribution in [1.82, 2.24) is 15.2 Å². The molecule has 3 heterocycles. The Hall–Kier alpha value is -4.07. The highest BCUT2D eigenvalue weighted by Crippen LogP contribution is 2.42. The maximum atomic E-state index is 13.8. The van der Waals surface area contributed by atoms with Crippen molar-refractivity contribution in [3.63, 3.8) is 0 Å². The minimum absolute atomic E-state index is 0.00868. The molecule has 0 atom stereocenters. The lowest BCUT2D eigenvalue weighted by atomic mass is 9.84. The lowest BCUT2D eigenvalue weighted by Crippen LogP contribution is -2.53. The Kier molecular flexibility index (Phi) is 7.45. The molecule has 0 spiro atoms. The number of hydroxylamine groups is 9. The Bertz CT molecular complexity index is 1740. The highest BCUT2D eigenvalue weighted by Gasteiger charge is 2.62. The average molecular weight is 650 g/mol. The molecule has 0 aromatic heterocycles. The molecule has 13 nitrogen and oxygen atoms in total. The molecule has 0 saturated heterocycles. The van der Waals surface area contributed by atoms with Crippen LogP contribution in [0.2, 0.25) is 0 Å². The molecule has 3 radical (unpaired) electrons. The zero-order valence-electron chi connectivity index (χ0n) is 29.3. The molecule has 0 bridgehead atoms. The molecule has 0 saturated carbocycles. The summed E-state index contributed by atoms with van der Waals surface area (Å²) in [7, 11) is 0. The molecule has 0 aliphatic carbocycles. The topological polar surface area (TPSA) is 157 Å². The molecule has 3 aliphatic rings. The van der Waals surface area contributed by atoms with Gasteiger partial charge in [-0.3, -0.25) is 14.2 Å². The molecular weight excluding hydrogens is 604 g/mol. The first-order chi connectivity index (χ1) is 21.4. The Morgan fingerprint density at radius 3 is 1.38 bits per heavy atom. The molecule has 0 unspecified atom stereocenters. The van der Waals surface area contributed by atoms with E-state index in [4.69, 9.17) is 4.74 Å². The monoisotopic (exact) mass is 649 g/mol. The fraction of sp³-hybridized carbons (Fsp3) is 0.559. The minimum Gasteiger partial charge on any atom is -0.714 e. The molecule has 0 amide bonds. The van der Waals surface area contributed by atoms with E-state index < -0.39 is 33.2 Å². The Labute approximate surface area is 276 Å². The van der Waals surface area contributed by atoms with Crippen LogP contribution in [-0.4, -0.2) is 80.1 Å². The minimum atomic E-state index is -1.14. The summed E-state index contributed by atoms with van der Waals surface area (Å²) in [5.41, 5.74) is -5.02. The second-order valence-corrected chi connectivity index (χ2v) is 15.8. The maximum Gasteiger partial charge on any atom is 0.320 e. The van der Waals surface area contributed by atoms with E-state index in [0.717, 1.165) is 9.80 Å². The highest BCUT2D eigenvalue weighted by molar-refractivity contribution is 6.03. The summed E-state index contributed by atoms with van der Waals surface area (Å²) in [6.45, 7) is 20.3. The smallest absolute Gasteiger partial charge is 0.320 e. The van der Waals surface area contributed by atoms with Crippen molar-refractivity contribution in [2.45, 2.75) is 123 Å². The van der Waals surface area contributed by atoms with Gasteiger partial charge in [0.1, 0.15) is 34.5 Å². The van der Waals surface area contributed by atoms with E-state index in [-0.39, 0.29) is 41.0 Å². The van der Waals surface area contributed by atoms with Crippen LogP contribution in [-0.2, 0) is 22.2 Å². The van der Waals surface area contributed by atoms with Gasteiger partial charge in [0.05, 0.1) is 11.1 Å². The number of rotatable bonds is 6. The predicted octanol–water partition coefficient (Wildman–Crippen LogP) is 4.69. The van der Waals surface area contributed by atoms with Crippen molar-refractivity contribution >= 4 is 17.5 Å². The van der Waals surface area contributed by atoms with Gasteiger partial charge in [0, 0.05) is 15.6 Å². The van der Waals surface area contributed by atoms with Gasteiger partial charge in [-0.05, 0) is 119 Å². The number of benzene rings is 2. The van der Waals surface area contributed by atoms with Gasteiger partial charge < -0.3 is 20.4 Å². The number of hydrogen-bond donors (Lipinski definition) is 0. The Morgan fingerprint density at radius 2 is 0.979 bits per heavy atom. The van der Waals surface area contributed by atoms with Crippen molar-refractivity contribution < 1.29 is 34.6 Å². The van der Waals surface area contributed by atoms with Gasteiger partial charge in [-0.25, -0.2) is 0 Å². The zero-order chi connectivity index (χ0) is 35.4. The number of hydrogen-bond acceptors (Lipinski definition) is 7. The third-order valence-electron chi connectivity index (χ3n) is 11.8. The molecule has 2 aromatic carbocycles. The summed E-state index contributed by atoms with van der Waals surface area (Å²) in [6, 6.07) is 11.4. The van der Waals surface area contributed by atoms with Crippen LogP contribution in [0.1, 0.15) is 105 Å². The molecule has 2 aromatic rings. The first-order valence-corrected chi connectivity index (χ1v) is 15.7. The quantitative estimate of drug-likeness (QED) is 0.325. The van der Waals surface area contributed by atoms with Gasteiger partial charge in [0.15, 0.2) is 16.6 Å². The van der Waals surface area contributed by atoms with Gasteiger partial charge in [-0.1, -0.05) is 27.3 Å². The normalized spacial score (nSPS) is 23.8. The van der Waals surface area contributed by atoms with Crippen molar-refractivity contribution in [3.05, 3.63) is 80.3 Å². The van der Waals surface area contributed by atoms with Gasteiger partial charge in [0.2, 0.25) is 0 Å². The molecule has 3 aliphatic heterocycles. The first kappa shape index (κ1) is 34.3. The second-order valence-electron chi connectivity index (χ2n) is 15.8. The van der Waals surface area contributed by atoms with Crippen molar-refractivity contribution in [2.24, 2.45) is 0 Å². The summed E-state index contributed by atoms with van der Waals surface area (Å²) in [5.74, 6) is -0.197. The third-order valence-corrected chi connectivity index (χ3v) is 11.8.